The zero-order valence-corrected chi connectivity index (χ0v) is 17.9. The summed E-state index contributed by atoms with van der Waals surface area (Å²) in [4.78, 5) is 29.6. The van der Waals surface area contributed by atoms with E-state index in [-0.39, 0.29) is 36.4 Å². The van der Waals surface area contributed by atoms with E-state index in [1.165, 1.54) is 24.3 Å². The third-order valence-corrected chi connectivity index (χ3v) is 5.00. The molecular weight excluding hydrogens is 412 g/mol. The van der Waals surface area contributed by atoms with Crippen LogP contribution >= 0.6 is 0 Å². The van der Waals surface area contributed by atoms with Gasteiger partial charge in [0.05, 0.1) is 22.3 Å². The molecule has 3 aromatic heterocycles. The fourth-order valence-corrected chi connectivity index (χ4v) is 3.46. The number of aromatic nitrogens is 2. The van der Waals surface area contributed by atoms with Crippen molar-refractivity contribution in [1.82, 2.24) is 20.8 Å². The Morgan fingerprint density at radius 2 is 1.69 bits per heavy atom. The monoisotopic (exact) mass is 434 g/mol. The van der Waals surface area contributed by atoms with Gasteiger partial charge in [0.2, 0.25) is 0 Å². The van der Waals surface area contributed by atoms with Gasteiger partial charge in [0, 0.05) is 24.2 Å². The Bertz CT molecular complexity index is 1300. The summed E-state index contributed by atoms with van der Waals surface area (Å²) in [6.07, 6.45) is 0. The van der Waals surface area contributed by atoms with E-state index < -0.39 is 0 Å². The van der Waals surface area contributed by atoms with Crippen LogP contribution in [0, 0.1) is 20.8 Å². The minimum Gasteiger partial charge on any atom is -0.508 e. The first-order valence-corrected chi connectivity index (χ1v) is 10.0. The number of aryl methyl sites for hydroxylation is 3. The van der Waals surface area contributed by atoms with Gasteiger partial charge in [-0.15, -0.1) is 0 Å². The predicted molar refractivity (Wildman–Crippen MR) is 116 cm³/mol. The highest BCUT2D eigenvalue weighted by atomic mass is 16.5. The molecule has 0 aliphatic rings. The van der Waals surface area contributed by atoms with Crippen LogP contribution in [0.5, 0.6) is 5.75 Å². The molecule has 0 bridgehead atoms. The lowest BCUT2D eigenvalue weighted by atomic mass is 10.1. The van der Waals surface area contributed by atoms with Gasteiger partial charge in [0.25, 0.3) is 17.5 Å². The summed E-state index contributed by atoms with van der Waals surface area (Å²) < 4.78 is 10.9. The van der Waals surface area contributed by atoms with Crippen molar-refractivity contribution in [2.75, 3.05) is 13.1 Å². The van der Waals surface area contributed by atoms with E-state index in [4.69, 9.17) is 8.94 Å². The number of phenols is 1. The molecule has 32 heavy (non-hydrogen) atoms. The maximum atomic E-state index is 13.0. The highest BCUT2D eigenvalue weighted by molar-refractivity contribution is 6.07. The molecule has 0 saturated carbocycles. The van der Waals surface area contributed by atoms with Gasteiger partial charge in [-0.2, -0.15) is 0 Å². The van der Waals surface area contributed by atoms with Crippen molar-refractivity contribution in [3.05, 3.63) is 64.7 Å². The van der Waals surface area contributed by atoms with Gasteiger partial charge in [-0.3, -0.25) is 9.59 Å². The van der Waals surface area contributed by atoms with Crippen molar-refractivity contribution < 1.29 is 23.6 Å². The number of amides is 2. The number of carbonyl (C=O) groups excluding carboxylic acids is 2. The Hall–Kier alpha value is -4.14. The first-order chi connectivity index (χ1) is 15.3. The number of carbonyl (C=O) groups is 2. The summed E-state index contributed by atoms with van der Waals surface area (Å²) in [5.41, 5.74) is 2.95. The number of rotatable bonds is 6. The standard InChI is InChI=1S/C23H22N4O5/c1-12-10-17(14(3)31-12)19-11-18(20-13(2)27-32-23(20)26-19)22(30)25-9-8-24-21(29)15-4-6-16(28)7-5-15/h4-7,10-11,28H,8-9H2,1-3H3,(H,24,29)(H,25,30). The molecule has 0 saturated heterocycles. The molecule has 164 valence electrons. The molecule has 0 fully saturated rings. The number of nitrogens with zero attached hydrogens (tertiary/aromatic N) is 2. The molecule has 0 aliphatic carbocycles. The quantitative estimate of drug-likeness (QED) is 0.397. The zero-order chi connectivity index (χ0) is 22.8. The summed E-state index contributed by atoms with van der Waals surface area (Å²) >= 11 is 0. The van der Waals surface area contributed by atoms with Gasteiger partial charge in [0.1, 0.15) is 17.3 Å². The van der Waals surface area contributed by atoms with E-state index in [1.54, 1.807) is 13.0 Å². The minimum atomic E-state index is -0.332. The van der Waals surface area contributed by atoms with Crippen LogP contribution in [0.4, 0.5) is 0 Å². The lowest BCUT2D eigenvalue weighted by Gasteiger charge is -2.09. The molecule has 9 nitrogen and oxygen atoms in total. The number of pyridine rings is 1. The third kappa shape index (κ3) is 4.18. The average molecular weight is 434 g/mol. The van der Waals surface area contributed by atoms with Crippen molar-refractivity contribution in [1.29, 1.82) is 0 Å². The molecule has 4 aromatic rings. The molecule has 3 N–H and O–H groups in total. The molecule has 4 rings (SSSR count). The van der Waals surface area contributed by atoms with Crippen molar-refractivity contribution in [2.24, 2.45) is 0 Å². The average Bonchev–Trinajstić information content (AvgIpc) is 3.31. The maximum absolute atomic E-state index is 13.0. The lowest BCUT2D eigenvalue weighted by Crippen LogP contribution is -2.34. The number of furan rings is 1. The van der Waals surface area contributed by atoms with Gasteiger partial charge in [0.15, 0.2) is 0 Å². The van der Waals surface area contributed by atoms with E-state index in [2.05, 4.69) is 20.8 Å². The number of benzene rings is 1. The Labute approximate surface area is 183 Å². The van der Waals surface area contributed by atoms with Crippen LogP contribution in [0.3, 0.4) is 0 Å². The van der Waals surface area contributed by atoms with Crippen LogP contribution in [0.25, 0.3) is 22.4 Å². The molecule has 0 radical (unpaired) electrons. The molecule has 0 spiro atoms. The van der Waals surface area contributed by atoms with E-state index in [9.17, 15) is 14.7 Å². The molecule has 2 amide bonds. The van der Waals surface area contributed by atoms with Crippen molar-refractivity contribution in [3.8, 4) is 17.0 Å². The van der Waals surface area contributed by atoms with Crippen LogP contribution in [0.1, 0.15) is 37.9 Å². The van der Waals surface area contributed by atoms with Gasteiger partial charge < -0.3 is 24.7 Å². The van der Waals surface area contributed by atoms with Crippen LogP contribution in [-0.2, 0) is 0 Å². The smallest absolute Gasteiger partial charge is 0.259 e. The predicted octanol–water partition coefficient (Wildman–Crippen LogP) is 3.27. The Kier molecular flexibility index (Phi) is 5.63. The van der Waals surface area contributed by atoms with Crippen molar-refractivity contribution in [2.45, 2.75) is 20.8 Å². The number of aromatic hydroxyl groups is 1. The summed E-state index contributed by atoms with van der Waals surface area (Å²) in [5.74, 6) is 0.884. The number of hydrogen-bond donors (Lipinski definition) is 3. The van der Waals surface area contributed by atoms with Crippen molar-refractivity contribution in [3.63, 3.8) is 0 Å². The van der Waals surface area contributed by atoms with Gasteiger partial charge in [-0.05, 0) is 57.2 Å². The SMILES string of the molecule is Cc1cc(-c2cc(C(=O)NCCNC(=O)c3ccc(O)cc3)c3c(C)noc3n2)c(C)o1. The number of fused-ring (bicyclic) bond motifs is 1. The van der Waals surface area contributed by atoms with Crippen molar-refractivity contribution >= 4 is 22.9 Å². The second kappa shape index (κ2) is 8.54. The molecule has 1 aromatic carbocycles. The molecule has 0 aliphatic heterocycles. The molecular formula is C23H22N4O5. The fourth-order valence-electron chi connectivity index (χ4n) is 3.46. The van der Waals surface area contributed by atoms with Gasteiger partial charge in [-0.25, -0.2) is 4.98 Å². The second-order valence-electron chi connectivity index (χ2n) is 7.39. The highest BCUT2D eigenvalue weighted by Crippen LogP contribution is 2.30. The molecule has 3 heterocycles. The first-order valence-electron chi connectivity index (χ1n) is 10.0. The Morgan fingerprint density at radius 1 is 1.00 bits per heavy atom. The number of hydrogen-bond acceptors (Lipinski definition) is 7. The molecule has 0 unspecified atom stereocenters. The Morgan fingerprint density at radius 3 is 2.34 bits per heavy atom. The van der Waals surface area contributed by atoms with E-state index >= 15 is 0 Å². The molecule has 0 atom stereocenters. The lowest BCUT2D eigenvalue weighted by molar-refractivity contribution is 0.0928. The van der Waals surface area contributed by atoms with Crippen LogP contribution in [0.2, 0.25) is 0 Å². The summed E-state index contributed by atoms with van der Waals surface area (Å²) in [6, 6.07) is 9.46. The largest absolute Gasteiger partial charge is 0.508 e. The summed E-state index contributed by atoms with van der Waals surface area (Å²) in [5, 5.41) is 19.3. The van der Waals surface area contributed by atoms with Gasteiger partial charge >= 0.3 is 0 Å². The van der Waals surface area contributed by atoms with Gasteiger partial charge in [-0.1, -0.05) is 5.16 Å². The normalized spacial score (nSPS) is 11.0. The number of nitrogens with one attached hydrogen (secondary N) is 2. The third-order valence-electron chi connectivity index (χ3n) is 5.00. The summed E-state index contributed by atoms with van der Waals surface area (Å²) in [6.45, 7) is 5.87. The maximum Gasteiger partial charge on any atom is 0.259 e. The topological polar surface area (TPSA) is 130 Å². The second-order valence-corrected chi connectivity index (χ2v) is 7.39. The van der Waals surface area contributed by atoms with E-state index in [0.717, 1.165) is 11.3 Å². The molecule has 9 heteroatoms. The van der Waals surface area contributed by atoms with E-state index in [0.29, 0.717) is 33.7 Å². The van der Waals surface area contributed by atoms with Crippen LogP contribution in [0.15, 0.2) is 45.3 Å². The minimum absolute atomic E-state index is 0.0849. The number of phenolic OH excluding ortho intramolecular Hbond substituents is 1. The van der Waals surface area contributed by atoms with Crippen LogP contribution in [-0.4, -0.2) is 40.2 Å². The Balaban J connectivity index is 1.49. The van der Waals surface area contributed by atoms with E-state index in [1.807, 2.05) is 19.9 Å². The first kappa shape index (κ1) is 21.1. The fraction of sp³-hybridized carbons (Fsp3) is 0.217. The summed E-state index contributed by atoms with van der Waals surface area (Å²) in [7, 11) is 0. The zero-order valence-electron chi connectivity index (χ0n) is 17.9. The highest BCUT2D eigenvalue weighted by Gasteiger charge is 2.21. The van der Waals surface area contributed by atoms with Crippen LogP contribution < -0.4 is 10.6 Å².